The molecule has 96 valence electrons. The molecule has 1 atom stereocenters. The van der Waals surface area contributed by atoms with E-state index in [0.717, 1.165) is 19.3 Å². The number of nitriles is 1. The van der Waals surface area contributed by atoms with Gasteiger partial charge in [-0.25, -0.2) is 4.39 Å². The number of aliphatic hydroxyl groups is 1. The van der Waals surface area contributed by atoms with Gasteiger partial charge in [-0.05, 0) is 25.0 Å². The van der Waals surface area contributed by atoms with E-state index in [1.807, 2.05) is 0 Å². The molecule has 0 bridgehead atoms. The number of aliphatic hydroxyl groups excluding tert-OH is 1. The Morgan fingerprint density at radius 3 is 2.56 bits per heavy atom. The minimum absolute atomic E-state index is 0.224. The molecule has 0 radical (unpaired) electrons. The fourth-order valence-electron chi connectivity index (χ4n) is 2.65. The number of benzene rings is 1. The summed E-state index contributed by atoms with van der Waals surface area (Å²) in [4.78, 5) is 0. The molecule has 0 heterocycles. The van der Waals surface area contributed by atoms with E-state index < -0.39 is 17.3 Å². The molecule has 2 rings (SSSR count). The average molecular weight is 312 g/mol. The molecule has 2 nitrogen and oxygen atoms in total. The van der Waals surface area contributed by atoms with E-state index in [1.54, 1.807) is 12.1 Å². The van der Waals surface area contributed by atoms with Crippen LogP contribution < -0.4 is 0 Å². The molecular weight excluding hydrogens is 297 g/mol. The molecule has 18 heavy (non-hydrogen) atoms. The van der Waals surface area contributed by atoms with E-state index in [0.29, 0.717) is 17.3 Å². The smallest absolute Gasteiger partial charge is 0.130 e. The standard InChI is InChI=1S/C14H15BrFNO/c15-10-4-5-11(12(16)8-10)13(18)14(9-17)6-2-1-3-7-14/h4-5,8,13,18H,1-3,6-7H2. The zero-order chi connectivity index (χ0) is 13.2. The van der Waals surface area contributed by atoms with Crippen molar-refractivity contribution in [2.24, 2.45) is 5.41 Å². The highest BCUT2D eigenvalue weighted by Crippen LogP contribution is 2.46. The normalized spacial score (nSPS) is 20.1. The van der Waals surface area contributed by atoms with Gasteiger partial charge < -0.3 is 5.11 Å². The van der Waals surface area contributed by atoms with Gasteiger partial charge in [0.15, 0.2) is 0 Å². The molecule has 1 fully saturated rings. The number of hydrogen-bond donors (Lipinski definition) is 1. The molecule has 1 aromatic rings. The fraction of sp³-hybridized carbons (Fsp3) is 0.500. The predicted molar refractivity (Wildman–Crippen MR) is 70.2 cm³/mol. The summed E-state index contributed by atoms with van der Waals surface area (Å²) in [7, 11) is 0. The zero-order valence-electron chi connectivity index (χ0n) is 10.00. The summed E-state index contributed by atoms with van der Waals surface area (Å²) in [5.41, 5.74) is -0.603. The monoisotopic (exact) mass is 311 g/mol. The van der Waals surface area contributed by atoms with Crippen LogP contribution in [-0.4, -0.2) is 5.11 Å². The predicted octanol–water partition coefficient (Wildman–Crippen LogP) is 4.10. The van der Waals surface area contributed by atoms with Crippen LogP contribution in [0.4, 0.5) is 4.39 Å². The van der Waals surface area contributed by atoms with Crippen molar-refractivity contribution in [3.05, 3.63) is 34.1 Å². The largest absolute Gasteiger partial charge is 0.387 e. The molecule has 4 heteroatoms. The molecule has 1 unspecified atom stereocenters. The van der Waals surface area contributed by atoms with Gasteiger partial charge in [0.25, 0.3) is 0 Å². The zero-order valence-corrected chi connectivity index (χ0v) is 11.6. The first-order valence-corrected chi connectivity index (χ1v) is 6.93. The molecule has 1 aliphatic carbocycles. The molecule has 0 aliphatic heterocycles. The van der Waals surface area contributed by atoms with Crippen LogP contribution in [0.25, 0.3) is 0 Å². The van der Waals surface area contributed by atoms with E-state index in [4.69, 9.17) is 0 Å². The van der Waals surface area contributed by atoms with Gasteiger partial charge in [0.05, 0.1) is 11.5 Å². The van der Waals surface area contributed by atoms with E-state index in [2.05, 4.69) is 22.0 Å². The summed E-state index contributed by atoms with van der Waals surface area (Å²) < 4.78 is 14.5. The lowest BCUT2D eigenvalue weighted by atomic mass is 9.69. The fourth-order valence-corrected chi connectivity index (χ4v) is 2.98. The average Bonchev–Trinajstić information content (AvgIpc) is 2.39. The third-order valence-corrected chi connectivity index (χ3v) is 4.24. The lowest BCUT2D eigenvalue weighted by Crippen LogP contribution is -2.30. The number of hydrogen-bond acceptors (Lipinski definition) is 2. The van der Waals surface area contributed by atoms with Crippen LogP contribution in [-0.2, 0) is 0 Å². The van der Waals surface area contributed by atoms with Crippen LogP contribution in [0.1, 0.15) is 43.8 Å². The van der Waals surface area contributed by atoms with E-state index >= 15 is 0 Å². The first-order valence-electron chi connectivity index (χ1n) is 6.13. The lowest BCUT2D eigenvalue weighted by molar-refractivity contribution is 0.0333. The summed E-state index contributed by atoms with van der Waals surface area (Å²) in [6.45, 7) is 0. The van der Waals surface area contributed by atoms with Gasteiger partial charge in [-0.3, -0.25) is 0 Å². The Kier molecular flexibility index (Phi) is 4.04. The Balaban J connectivity index is 2.34. The van der Waals surface area contributed by atoms with Crippen LogP contribution in [0.15, 0.2) is 22.7 Å². The summed E-state index contributed by atoms with van der Waals surface area (Å²) in [6.07, 6.45) is 3.15. The van der Waals surface area contributed by atoms with Gasteiger partial charge in [0.1, 0.15) is 11.9 Å². The maximum Gasteiger partial charge on any atom is 0.130 e. The molecule has 1 aliphatic rings. The quantitative estimate of drug-likeness (QED) is 0.893. The van der Waals surface area contributed by atoms with Crippen molar-refractivity contribution in [1.29, 1.82) is 5.26 Å². The van der Waals surface area contributed by atoms with Crippen molar-refractivity contribution >= 4 is 15.9 Å². The third-order valence-electron chi connectivity index (χ3n) is 3.75. The highest BCUT2D eigenvalue weighted by molar-refractivity contribution is 9.10. The topological polar surface area (TPSA) is 44.0 Å². The third kappa shape index (κ3) is 2.43. The molecule has 1 aromatic carbocycles. The van der Waals surface area contributed by atoms with E-state index in [1.165, 1.54) is 6.07 Å². The van der Waals surface area contributed by atoms with Gasteiger partial charge in [-0.15, -0.1) is 0 Å². The highest BCUT2D eigenvalue weighted by Gasteiger charge is 2.41. The van der Waals surface area contributed by atoms with Crippen LogP contribution in [0.2, 0.25) is 0 Å². The second-order valence-electron chi connectivity index (χ2n) is 4.90. The van der Waals surface area contributed by atoms with E-state index in [9.17, 15) is 14.8 Å². The van der Waals surface area contributed by atoms with Crippen molar-refractivity contribution in [2.75, 3.05) is 0 Å². The van der Waals surface area contributed by atoms with Gasteiger partial charge in [-0.2, -0.15) is 5.26 Å². The first kappa shape index (κ1) is 13.5. The Morgan fingerprint density at radius 2 is 2.00 bits per heavy atom. The molecule has 0 aromatic heterocycles. The Morgan fingerprint density at radius 1 is 1.33 bits per heavy atom. The van der Waals surface area contributed by atoms with Crippen LogP contribution in [0.5, 0.6) is 0 Å². The van der Waals surface area contributed by atoms with Crippen molar-refractivity contribution in [2.45, 2.75) is 38.2 Å². The number of halogens is 2. The van der Waals surface area contributed by atoms with E-state index in [-0.39, 0.29) is 5.56 Å². The highest BCUT2D eigenvalue weighted by atomic mass is 79.9. The van der Waals surface area contributed by atoms with Gasteiger partial charge in [0.2, 0.25) is 0 Å². The Bertz CT molecular complexity index is 477. The number of rotatable bonds is 2. The number of nitrogens with zero attached hydrogens (tertiary/aromatic N) is 1. The summed E-state index contributed by atoms with van der Waals surface area (Å²) in [5, 5.41) is 19.8. The summed E-state index contributed by atoms with van der Waals surface area (Å²) in [6, 6.07) is 6.80. The summed E-state index contributed by atoms with van der Waals surface area (Å²) >= 11 is 3.19. The van der Waals surface area contributed by atoms with Crippen LogP contribution in [0, 0.1) is 22.6 Å². The maximum absolute atomic E-state index is 13.9. The molecule has 0 amide bonds. The van der Waals surface area contributed by atoms with Gasteiger partial charge >= 0.3 is 0 Å². The summed E-state index contributed by atoms with van der Waals surface area (Å²) in [5.74, 6) is -0.461. The van der Waals surface area contributed by atoms with Gasteiger partial charge in [0, 0.05) is 10.0 Å². The molecule has 0 saturated heterocycles. The molecule has 0 spiro atoms. The lowest BCUT2D eigenvalue weighted by Gasteiger charge is -2.35. The van der Waals surface area contributed by atoms with Crippen LogP contribution >= 0.6 is 15.9 Å². The Hall–Kier alpha value is -0.920. The minimum atomic E-state index is -1.05. The van der Waals surface area contributed by atoms with Crippen LogP contribution in [0.3, 0.4) is 0 Å². The maximum atomic E-state index is 13.9. The van der Waals surface area contributed by atoms with Crippen molar-refractivity contribution in [1.82, 2.24) is 0 Å². The Labute approximate surface area is 115 Å². The molecule has 1 saturated carbocycles. The minimum Gasteiger partial charge on any atom is -0.387 e. The van der Waals surface area contributed by atoms with Gasteiger partial charge in [-0.1, -0.05) is 41.3 Å². The molecular formula is C14H15BrFNO. The second-order valence-corrected chi connectivity index (χ2v) is 5.81. The van der Waals surface area contributed by atoms with Crippen molar-refractivity contribution < 1.29 is 9.50 Å². The first-order chi connectivity index (χ1) is 8.59. The molecule has 1 N–H and O–H groups in total. The second kappa shape index (κ2) is 5.38. The SMILES string of the molecule is N#CC1(C(O)c2ccc(Br)cc2F)CCCCC1. The van der Waals surface area contributed by atoms with Crippen molar-refractivity contribution in [3.63, 3.8) is 0 Å². The van der Waals surface area contributed by atoms with Crippen molar-refractivity contribution in [3.8, 4) is 6.07 Å².